The molecular formula is C22H19FN6OS. The Morgan fingerprint density at radius 2 is 1.87 bits per heavy atom. The van der Waals surface area contributed by atoms with Gasteiger partial charge in [-0.25, -0.2) is 4.39 Å². The van der Waals surface area contributed by atoms with Gasteiger partial charge in [0.1, 0.15) is 10.8 Å². The Labute approximate surface area is 182 Å². The van der Waals surface area contributed by atoms with Gasteiger partial charge in [-0.05, 0) is 37.1 Å². The SMILES string of the molecule is O=C(c1cnn(-c2ccccc2)n1)N1CCCC(c2nnc(-c3ccccc3F)s2)C1. The second-order valence-electron chi connectivity index (χ2n) is 7.37. The standard InChI is InChI=1S/C22H19FN6OS/c23-18-11-5-4-10-17(18)21-26-25-20(31-21)15-7-6-12-28(14-15)22(30)19-13-24-29(27-19)16-8-2-1-3-9-16/h1-5,8-11,13,15H,6-7,12,14H2. The predicted octanol–water partition coefficient (Wildman–Crippen LogP) is 3.94. The summed E-state index contributed by atoms with van der Waals surface area (Å²) in [6.07, 6.45) is 3.27. The van der Waals surface area contributed by atoms with Crippen LogP contribution in [0.15, 0.2) is 60.8 Å². The minimum atomic E-state index is -0.313. The van der Waals surface area contributed by atoms with Crippen molar-refractivity contribution in [2.24, 2.45) is 0 Å². The molecule has 0 aliphatic carbocycles. The molecule has 0 saturated carbocycles. The van der Waals surface area contributed by atoms with Crippen molar-refractivity contribution in [3.05, 3.63) is 77.3 Å². The molecule has 1 saturated heterocycles. The van der Waals surface area contributed by atoms with Crippen molar-refractivity contribution >= 4 is 17.2 Å². The Morgan fingerprint density at radius 3 is 2.71 bits per heavy atom. The predicted molar refractivity (Wildman–Crippen MR) is 115 cm³/mol. The van der Waals surface area contributed by atoms with E-state index in [0.717, 1.165) is 23.5 Å². The number of hydrogen-bond acceptors (Lipinski definition) is 6. The van der Waals surface area contributed by atoms with Crippen LogP contribution in [0, 0.1) is 5.82 Å². The van der Waals surface area contributed by atoms with E-state index in [2.05, 4.69) is 20.4 Å². The average molecular weight is 435 g/mol. The van der Waals surface area contributed by atoms with Gasteiger partial charge in [-0.2, -0.15) is 9.90 Å². The first-order valence-corrected chi connectivity index (χ1v) is 10.9. The van der Waals surface area contributed by atoms with Crippen LogP contribution in [0.25, 0.3) is 16.3 Å². The number of nitrogens with zero attached hydrogens (tertiary/aromatic N) is 6. The maximum absolute atomic E-state index is 14.1. The number of benzene rings is 2. The first-order chi connectivity index (χ1) is 15.2. The highest BCUT2D eigenvalue weighted by Crippen LogP contribution is 2.33. The molecule has 2 aromatic carbocycles. The van der Waals surface area contributed by atoms with Crippen LogP contribution in [-0.4, -0.2) is 49.1 Å². The molecule has 1 aliphatic rings. The number of para-hydroxylation sites is 1. The van der Waals surface area contributed by atoms with E-state index < -0.39 is 0 Å². The van der Waals surface area contributed by atoms with Crippen molar-refractivity contribution in [3.63, 3.8) is 0 Å². The van der Waals surface area contributed by atoms with Crippen LogP contribution in [0.1, 0.15) is 34.3 Å². The number of carbonyl (C=O) groups is 1. The third kappa shape index (κ3) is 3.96. The molecule has 1 aliphatic heterocycles. The zero-order chi connectivity index (χ0) is 21.2. The molecule has 7 nitrogen and oxygen atoms in total. The fraction of sp³-hybridized carbons (Fsp3) is 0.227. The zero-order valence-corrected chi connectivity index (χ0v) is 17.4. The molecule has 1 atom stereocenters. The lowest BCUT2D eigenvalue weighted by molar-refractivity contribution is 0.0700. The van der Waals surface area contributed by atoms with Crippen LogP contribution in [0.4, 0.5) is 4.39 Å². The van der Waals surface area contributed by atoms with Crippen LogP contribution in [0.2, 0.25) is 0 Å². The summed E-state index contributed by atoms with van der Waals surface area (Å²) in [5, 5.41) is 18.4. The van der Waals surface area contributed by atoms with Gasteiger partial charge in [0.2, 0.25) is 0 Å². The molecule has 1 amide bonds. The number of aromatic nitrogens is 5. The summed E-state index contributed by atoms with van der Waals surface area (Å²) in [6, 6.07) is 16.0. The Morgan fingerprint density at radius 1 is 1.06 bits per heavy atom. The van der Waals surface area contributed by atoms with E-state index >= 15 is 0 Å². The Bertz CT molecular complexity index is 1210. The van der Waals surface area contributed by atoms with E-state index in [1.165, 1.54) is 28.4 Å². The van der Waals surface area contributed by atoms with Gasteiger partial charge in [-0.1, -0.05) is 41.7 Å². The molecule has 5 rings (SSSR count). The Kier molecular flexibility index (Phi) is 5.25. The molecule has 156 valence electrons. The molecule has 0 bridgehead atoms. The molecule has 3 heterocycles. The molecule has 2 aromatic heterocycles. The van der Waals surface area contributed by atoms with E-state index in [9.17, 15) is 9.18 Å². The largest absolute Gasteiger partial charge is 0.336 e. The lowest BCUT2D eigenvalue weighted by atomic mass is 9.98. The number of piperidine rings is 1. The third-order valence-electron chi connectivity index (χ3n) is 5.30. The van der Waals surface area contributed by atoms with Crippen molar-refractivity contribution < 1.29 is 9.18 Å². The van der Waals surface area contributed by atoms with Gasteiger partial charge in [0.25, 0.3) is 5.91 Å². The van der Waals surface area contributed by atoms with Crippen molar-refractivity contribution in [2.75, 3.05) is 13.1 Å². The fourth-order valence-electron chi connectivity index (χ4n) is 3.72. The highest BCUT2D eigenvalue weighted by Gasteiger charge is 2.29. The van der Waals surface area contributed by atoms with E-state index in [4.69, 9.17) is 0 Å². The first-order valence-electron chi connectivity index (χ1n) is 10.0. The topological polar surface area (TPSA) is 76.8 Å². The van der Waals surface area contributed by atoms with Crippen LogP contribution in [0.5, 0.6) is 0 Å². The summed E-state index contributed by atoms with van der Waals surface area (Å²) in [7, 11) is 0. The average Bonchev–Trinajstić information content (AvgIpc) is 3.50. The van der Waals surface area contributed by atoms with E-state index in [-0.39, 0.29) is 17.6 Å². The van der Waals surface area contributed by atoms with E-state index in [0.29, 0.717) is 29.4 Å². The second kappa shape index (κ2) is 8.35. The monoisotopic (exact) mass is 434 g/mol. The molecule has 0 spiro atoms. The maximum Gasteiger partial charge on any atom is 0.276 e. The zero-order valence-electron chi connectivity index (χ0n) is 16.6. The number of amides is 1. The minimum absolute atomic E-state index is 0.0693. The van der Waals surface area contributed by atoms with Crippen LogP contribution in [-0.2, 0) is 0 Å². The molecule has 1 unspecified atom stereocenters. The molecule has 31 heavy (non-hydrogen) atoms. The van der Waals surface area contributed by atoms with Gasteiger partial charge < -0.3 is 4.90 Å². The third-order valence-corrected chi connectivity index (χ3v) is 6.42. The summed E-state index contributed by atoms with van der Waals surface area (Å²) >= 11 is 1.39. The summed E-state index contributed by atoms with van der Waals surface area (Å²) < 4.78 is 14.1. The summed E-state index contributed by atoms with van der Waals surface area (Å²) in [5.41, 5.74) is 1.56. The molecule has 1 fully saturated rings. The lowest BCUT2D eigenvalue weighted by Crippen LogP contribution is -2.39. The lowest BCUT2D eigenvalue weighted by Gasteiger charge is -2.31. The normalized spacial score (nSPS) is 16.4. The fourth-order valence-corrected chi connectivity index (χ4v) is 4.71. The summed E-state index contributed by atoms with van der Waals surface area (Å²) in [6.45, 7) is 1.19. The van der Waals surface area contributed by atoms with E-state index in [1.54, 1.807) is 23.1 Å². The van der Waals surface area contributed by atoms with Gasteiger partial charge in [-0.15, -0.1) is 15.3 Å². The molecule has 0 radical (unpaired) electrons. The molecule has 9 heteroatoms. The van der Waals surface area contributed by atoms with Crippen LogP contribution in [0.3, 0.4) is 0 Å². The Hall–Kier alpha value is -3.46. The summed E-state index contributed by atoms with van der Waals surface area (Å²) in [4.78, 5) is 16.3. The van der Waals surface area contributed by atoms with Gasteiger partial charge in [0.15, 0.2) is 10.7 Å². The second-order valence-corrected chi connectivity index (χ2v) is 8.38. The minimum Gasteiger partial charge on any atom is -0.336 e. The highest BCUT2D eigenvalue weighted by atomic mass is 32.1. The van der Waals surface area contributed by atoms with E-state index in [1.807, 2.05) is 30.3 Å². The maximum atomic E-state index is 14.1. The van der Waals surface area contributed by atoms with Crippen molar-refractivity contribution in [1.82, 2.24) is 30.1 Å². The van der Waals surface area contributed by atoms with Crippen molar-refractivity contribution in [1.29, 1.82) is 0 Å². The van der Waals surface area contributed by atoms with Crippen molar-refractivity contribution in [3.8, 4) is 16.3 Å². The number of hydrogen-bond donors (Lipinski definition) is 0. The smallest absolute Gasteiger partial charge is 0.276 e. The van der Waals surface area contributed by atoms with Gasteiger partial charge in [-0.3, -0.25) is 4.79 Å². The summed E-state index contributed by atoms with van der Waals surface area (Å²) in [5.74, 6) is -0.391. The molecular weight excluding hydrogens is 415 g/mol. The number of carbonyl (C=O) groups excluding carboxylic acids is 1. The quantitative estimate of drug-likeness (QED) is 0.486. The van der Waals surface area contributed by atoms with Crippen LogP contribution >= 0.6 is 11.3 Å². The van der Waals surface area contributed by atoms with Gasteiger partial charge in [0, 0.05) is 24.6 Å². The Balaban J connectivity index is 1.31. The number of rotatable bonds is 4. The van der Waals surface area contributed by atoms with Crippen molar-refractivity contribution in [2.45, 2.75) is 18.8 Å². The first kappa shape index (κ1) is 19.5. The van der Waals surface area contributed by atoms with Gasteiger partial charge in [0.05, 0.1) is 11.9 Å². The molecule has 4 aromatic rings. The van der Waals surface area contributed by atoms with Crippen LogP contribution < -0.4 is 0 Å². The molecule has 0 N–H and O–H groups in total. The van der Waals surface area contributed by atoms with Gasteiger partial charge >= 0.3 is 0 Å². The number of halogens is 1. The number of likely N-dealkylation sites (tertiary alicyclic amines) is 1. The highest BCUT2D eigenvalue weighted by molar-refractivity contribution is 7.14.